The summed E-state index contributed by atoms with van der Waals surface area (Å²) in [7, 11) is 0. The standard InChI is InChI=1S/C21H32N2O3/c1-2-26-19-8-4-3-7-18(19)15-22-12-5-10-21(16-22)11-9-20(25)23(17-21)13-6-14-24/h3-4,7-8,24H,2,5-6,9-17H2,1H3/t21-/m1/s1. The predicted octanol–water partition coefficient (Wildman–Crippen LogP) is 2.67. The first-order chi connectivity index (χ1) is 12.7. The smallest absolute Gasteiger partial charge is 0.222 e. The number of amides is 1. The quantitative estimate of drug-likeness (QED) is 0.812. The third-order valence-electron chi connectivity index (χ3n) is 5.74. The van der Waals surface area contributed by atoms with E-state index in [2.05, 4.69) is 23.1 Å². The lowest BCUT2D eigenvalue weighted by Crippen LogP contribution is -2.54. The first-order valence-corrected chi connectivity index (χ1v) is 9.97. The van der Waals surface area contributed by atoms with Gasteiger partial charge in [0.1, 0.15) is 5.75 Å². The minimum absolute atomic E-state index is 0.150. The van der Waals surface area contributed by atoms with Gasteiger partial charge in [-0.15, -0.1) is 0 Å². The number of ether oxygens (including phenoxy) is 1. The molecule has 3 rings (SSSR count). The Labute approximate surface area is 156 Å². The van der Waals surface area contributed by atoms with Gasteiger partial charge in [-0.25, -0.2) is 0 Å². The van der Waals surface area contributed by atoms with Crippen LogP contribution in [0.4, 0.5) is 0 Å². The van der Waals surface area contributed by atoms with Gasteiger partial charge in [-0.2, -0.15) is 0 Å². The van der Waals surface area contributed by atoms with Gasteiger partial charge in [0.2, 0.25) is 5.91 Å². The summed E-state index contributed by atoms with van der Waals surface area (Å²) < 4.78 is 5.79. The fourth-order valence-electron chi connectivity index (χ4n) is 4.52. The zero-order valence-electron chi connectivity index (χ0n) is 16.0. The van der Waals surface area contributed by atoms with E-state index in [9.17, 15) is 4.79 Å². The third-order valence-corrected chi connectivity index (χ3v) is 5.74. The van der Waals surface area contributed by atoms with Crippen molar-refractivity contribution in [3.05, 3.63) is 29.8 Å². The van der Waals surface area contributed by atoms with E-state index in [1.165, 1.54) is 18.4 Å². The molecule has 0 aromatic heterocycles. The molecule has 26 heavy (non-hydrogen) atoms. The molecule has 0 aliphatic carbocycles. The Morgan fingerprint density at radius 3 is 2.88 bits per heavy atom. The van der Waals surface area contributed by atoms with Crippen LogP contribution in [0, 0.1) is 5.41 Å². The average molecular weight is 360 g/mol. The van der Waals surface area contributed by atoms with Crippen LogP contribution in [0.5, 0.6) is 5.75 Å². The number of hydrogen-bond donors (Lipinski definition) is 1. The molecule has 2 saturated heterocycles. The number of carbonyl (C=O) groups excluding carboxylic acids is 1. The van der Waals surface area contributed by atoms with Gasteiger partial charge in [-0.05, 0) is 45.2 Å². The molecule has 2 heterocycles. The van der Waals surface area contributed by atoms with Gasteiger partial charge in [-0.3, -0.25) is 9.69 Å². The van der Waals surface area contributed by atoms with Crippen LogP contribution in [0.1, 0.15) is 44.6 Å². The molecule has 1 amide bonds. The second-order valence-corrected chi connectivity index (χ2v) is 7.75. The molecule has 1 atom stereocenters. The summed E-state index contributed by atoms with van der Waals surface area (Å²) in [6, 6.07) is 8.31. The largest absolute Gasteiger partial charge is 0.494 e. The predicted molar refractivity (Wildman–Crippen MR) is 102 cm³/mol. The van der Waals surface area contributed by atoms with Crippen molar-refractivity contribution in [2.45, 2.75) is 45.6 Å². The van der Waals surface area contributed by atoms with Crippen LogP contribution in [0.3, 0.4) is 0 Å². The summed E-state index contributed by atoms with van der Waals surface area (Å²) >= 11 is 0. The van der Waals surface area contributed by atoms with Crippen LogP contribution in [0.15, 0.2) is 24.3 Å². The number of rotatable bonds is 7. The Morgan fingerprint density at radius 2 is 2.08 bits per heavy atom. The van der Waals surface area contributed by atoms with Gasteiger partial charge in [-0.1, -0.05) is 18.2 Å². The number of para-hydroxylation sites is 1. The lowest BCUT2D eigenvalue weighted by molar-refractivity contribution is -0.139. The lowest BCUT2D eigenvalue weighted by atomic mass is 9.73. The van der Waals surface area contributed by atoms with E-state index in [1.807, 2.05) is 17.9 Å². The second-order valence-electron chi connectivity index (χ2n) is 7.75. The maximum absolute atomic E-state index is 12.2. The zero-order valence-corrected chi connectivity index (χ0v) is 16.0. The SMILES string of the molecule is CCOc1ccccc1CN1CCC[C@@]2(CCC(=O)N(CCCO)C2)C1. The Kier molecular flexibility index (Phi) is 6.54. The van der Waals surface area contributed by atoms with Crippen molar-refractivity contribution in [3.8, 4) is 5.75 Å². The lowest BCUT2D eigenvalue weighted by Gasteiger charge is -2.48. The topological polar surface area (TPSA) is 53.0 Å². The fourth-order valence-corrected chi connectivity index (χ4v) is 4.52. The van der Waals surface area contributed by atoms with Gasteiger partial charge < -0.3 is 14.7 Å². The van der Waals surface area contributed by atoms with Gasteiger partial charge in [0.15, 0.2) is 0 Å². The second kappa shape index (κ2) is 8.87. The molecule has 0 saturated carbocycles. The van der Waals surface area contributed by atoms with Crippen molar-refractivity contribution in [1.82, 2.24) is 9.80 Å². The molecule has 5 heteroatoms. The highest BCUT2D eigenvalue weighted by Crippen LogP contribution is 2.39. The van der Waals surface area contributed by atoms with E-state index in [0.29, 0.717) is 26.0 Å². The van der Waals surface area contributed by atoms with Crippen molar-refractivity contribution < 1.29 is 14.6 Å². The van der Waals surface area contributed by atoms with Gasteiger partial charge in [0.05, 0.1) is 6.61 Å². The number of benzene rings is 1. The Balaban J connectivity index is 1.66. The maximum atomic E-state index is 12.2. The first kappa shape index (κ1) is 19.2. The fraction of sp³-hybridized carbons (Fsp3) is 0.667. The van der Waals surface area contributed by atoms with Crippen molar-refractivity contribution in [2.75, 3.05) is 39.4 Å². The highest BCUT2D eigenvalue weighted by atomic mass is 16.5. The summed E-state index contributed by atoms with van der Waals surface area (Å²) in [6.07, 6.45) is 4.69. The molecule has 2 aliphatic rings. The van der Waals surface area contributed by atoms with Crippen LogP contribution in [0.25, 0.3) is 0 Å². The molecular weight excluding hydrogens is 328 g/mol. The highest BCUT2D eigenvalue weighted by Gasteiger charge is 2.41. The Morgan fingerprint density at radius 1 is 1.23 bits per heavy atom. The molecule has 2 fully saturated rings. The van der Waals surface area contributed by atoms with Gasteiger partial charge in [0.25, 0.3) is 0 Å². The first-order valence-electron chi connectivity index (χ1n) is 9.97. The normalized spacial score (nSPS) is 24.2. The van der Waals surface area contributed by atoms with Crippen molar-refractivity contribution in [1.29, 1.82) is 0 Å². The molecule has 0 bridgehead atoms. The Bertz CT molecular complexity index is 607. The van der Waals surface area contributed by atoms with Crippen molar-refractivity contribution >= 4 is 5.91 Å². The molecule has 1 aromatic carbocycles. The molecule has 5 nitrogen and oxygen atoms in total. The molecule has 1 N–H and O–H groups in total. The molecule has 0 unspecified atom stereocenters. The zero-order chi connectivity index (χ0) is 18.4. The van der Waals surface area contributed by atoms with E-state index in [4.69, 9.17) is 9.84 Å². The van der Waals surface area contributed by atoms with Crippen LogP contribution >= 0.6 is 0 Å². The number of aliphatic hydroxyl groups excluding tert-OH is 1. The minimum Gasteiger partial charge on any atom is -0.494 e. The third kappa shape index (κ3) is 4.57. The minimum atomic E-state index is 0.150. The molecule has 1 aromatic rings. The summed E-state index contributed by atoms with van der Waals surface area (Å²) in [4.78, 5) is 16.7. The molecule has 2 aliphatic heterocycles. The highest BCUT2D eigenvalue weighted by molar-refractivity contribution is 5.77. The van der Waals surface area contributed by atoms with E-state index >= 15 is 0 Å². The average Bonchev–Trinajstić information content (AvgIpc) is 2.65. The van der Waals surface area contributed by atoms with E-state index < -0.39 is 0 Å². The van der Waals surface area contributed by atoms with E-state index in [1.54, 1.807) is 0 Å². The van der Waals surface area contributed by atoms with Crippen LogP contribution in [-0.2, 0) is 11.3 Å². The number of piperidine rings is 2. The molecule has 144 valence electrons. The summed E-state index contributed by atoms with van der Waals surface area (Å²) in [5, 5.41) is 9.10. The van der Waals surface area contributed by atoms with Crippen molar-refractivity contribution in [2.24, 2.45) is 5.41 Å². The van der Waals surface area contributed by atoms with Crippen LogP contribution < -0.4 is 4.74 Å². The molecule has 0 radical (unpaired) electrons. The number of aliphatic hydroxyl groups is 1. The van der Waals surface area contributed by atoms with Gasteiger partial charge >= 0.3 is 0 Å². The number of nitrogens with zero attached hydrogens (tertiary/aromatic N) is 2. The summed E-state index contributed by atoms with van der Waals surface area (Å²) in [5.41, 5.74) is 1.46. The molecular formula is C21H32N2O3. The number of carbonyl (C=O) groups is 1. The maximum Gasteiger partial charge on any atom is 0.222 e. The van der Waals surface area contributed by atoms with Crippen LogP contribution in [0.2, 0.25) is 0 Å². The van der Waals surface area contributed by atoms with Gasteiger partial charge in [0, 0.05) is 50.2 Å². The van der Waals surface area contributed by atoms with E-state index in [-0.39, 0.29) is 17.9 Å². The number of hydrogen-bond acceptors (Lipinski definition) is 4. The monoisotopic (exact) mass is 360 g/mol. The summed E-state index contributed by atoms with van der Waals surface area (Å²) in [5.74, 6) is 1.24. The summed E-state index contributed by atoms with van der Waals surface area (Å²) in [6.45, 7) is 7.43. The van der Waals surface area contributed by atoms with Crippen LogP contribution in [-0.4, -0.2) is 60.2 Å². The number of likely N-dealkylation sites (tertiary alicyclic amines) is 2. The Hall–Kier alpha value is -1.59. The van der Waals surface area contributed by atoms with Crippen molar-refractivity contribution in [3.63, 3.8) is 0 Å². The van der Waals surface area contributed by atoms with E-state index in [0.717, 1.165) is 38.3 Å². The molecule has 1 spiro atoms.